The van der Waals surface area contributed by atoms with Crippen molar-refractivity contribution >= 4 is 18.1 Å². The number of benzene rings is 1. The fourth-order valence-electron chi connectivity index (χ4n) is 2.28. The molecule has 1 atom stereocenters. The zero-order valence-corrected chi connectivity index (χ0v) is 11.8. The van der Waals surface area contributed by atoms with Crippen molar-refractivity contribution in [2.24, 2.45) is 0 Å². The Labute approximate surface area is 111 Å². The van der Waals surface area contributed by atoms with Crippen molar-refractivity contribution in [3.8, 4) is 0 Å². The van der Waals surface area contributed by atoms with Crippen molar-refractivity contribution < 1.29 is 0 Å². The highest BCUT2D eigenvalue weighted by Gasteiger charge is 2.15. The first kappa shape index (κ1) is 14.3. The third kappa shape index (κ3) is 3.14. The molecule has 1 aliphatic rings. The number of para-hydroxylation sites is 1. The summed E-state index contributed by atoms with van der Waals surface area (Å²) in [5.41, 5.74) is 4.31. The van der Waals surface area contributed by atoms with E-state index in [-0.39, 0.29) is 12.4 Å². The Kier molecular flexibility index (Phi) is 5.29. The molecule has 1 N–H and O–H groups in total. The Morgan fingerprint density at radius 3 is 2.88 bits per heavy atom. The van der Waals surface area contributed by atoms with Gasteiger partial charge in [0, 0.05) is 24.8 Å². The van der Waals surface area contributed by atoms with Crippen LogP contribution in [0.5, 0.6) is 0 Å². The topological polar surface area (TPSA) is 15.3 Å². The van der Waals surface area contributed by atoms with Crippen molar-refractivity contribution in [2.45, 2.75) is 39.3 Å². The number of nitrogens with zero attached hydrogens (tertiary/aromatic N) is 1. The molecule has 0 fully saturated rings. The molecule has 0 saturated carbocycles. The van der Waals surface area contributed by atoms with Crippen molar-refractivity contribution in [2.75, 3.05) is 18.9 Å². The van der Waals surface area contributed by atoms with E-state index in [1.54, 1.807) is 0 Å². The molecule has 0 aromatic heterocycles. The number of hydrogen-bond donors (Lipinski definition) is 1. The highest BCUT2D eigenvalue weighted by molar-refractivity contribution is 5.85. The fraction of sp³-hybridized carbons (Fsp3) is 0.571. The lowest BCUT2D eigenvalue weighted by Gasteiger charge is -2.24. The van der Waals surface area contributed by atoms with E-state index >= 15 is 0 Å². The van der Waals surface area contributed by atoms with Gasteiger partial charge in [-0.15, -0.1) is 12.4 Å². The molecule has 0 radical (unpaired) electrons. The maximum Gasteiger partial charge on any atom is 0.0419 e. The second kappa shape index (κ2) is 6.27. The summed E-state index contributed by atoms with van der Waals surface area (Å²) in [4.78, 5) is 2.43. The smallest absolute Gasteiger partial charge is 0.0419 e. The van der Waals surface area contributed by atoms with Crippen molar-refractivity contribution in [3.05, 3.63) is 29.3 Å². The Morgan fingerprint density at radius 2 is 2.18 bits per heavy atom. The molecule has 2 nitrogen and oxygen atoms in total. The molecular formula is C14H23ClN2. The Balaban J connectivity index is 0.00000144. The number of fused-ring (bicyclic) bond motifs is 1. The molecule has 0 bridgehead atoms. The van der Waals surface area contributed by atoms with E-state index in [4.69, 9.17) is 0 Å². The minimum Gasteiger partial charge on any atom is -0.384 e. The lowest BCUT2D eigenvalue weighted by molar-refractivity contribution is 0.244. The third-order valence-corrected chi connectivity index (χ3v) is 3.70. The maximum absolute atomic E-state index is 3.50. The van der Waals surface area contributed by atoms with E-state index in [9.17, 15) is 0 Å². The minimum absolute atomic E-state index is 0. The summed E-state index contributed by atoms with van der Waals surface area (Å²) in [7, 11) is 2.21. The number of rotatable bonds is 4. The van der Waals surface area contributed by atoms with Crippen LogP contribution in [-0.2, 0) is 13.0 Å². The molecular weight excluding hydrogens is 232 g/mol. The first-order valence-electron chi connectivity index (χ1n) is 6.27. The van der Waals surface area contributed by atoms with Crippen LogP contribution in [0.4, 0.5) is 5.69 Å². The zero-order chi connectivity index (χ0) is 11.5. The highest BCUT2D eigenvalue weighted by Crippen LogP contribution is 2.27. The van der Waals surface area contributed by atoms with Gasteiger partial charge in [0.1, 0.15) is 0 Å². The molecule has 1 aromatic carbocycles. The van der Waals surface area contributed by atoms with Crippen LogP contribution in [0, 0.1) is 0 Å². The van der Waals surface area contributed by atoms with Gasteiger partial charge >= 0.3 is 0 Å². The van der Waals surface area contributed by atoms with Crippen LogP contribution in [0.1, 0.15) is 31.4 Å². The van der Waals surface area contributed by atoms with Crippen LogP contribution in [0.15, 0.2) is 18.2 Å². The van der Waals surface area contributed by atoms with Gasteiger partial charge in [0.15, 0.2) is 0 Å². The number of nitrogens with one attached hydrogen (secondary N) is 1. The largest absolute Gasteiger partial charge is 0.384 e. The van der Waals surface area contributed by atoms with Gasteiger partial charge in [0.05, 0.1) is 0 Å². The first-order chi connectivity index (χ1) is 7.72. The van der Waals surface area contributed by atoms with Crippen molar-refractivity contribution in [3.63, 3.8) is 0 Å². The standard InChI is InChI=1S/C14H22N2.ClH/c1-4-11(2)16(3)10-13-7-5-6-12-8-9-15-14(12)13;/h5-7,11,15H,4,8-10H2,1-3H3;1H. The van der Waals surface area contributed by atoms with Crippen LogP contribution in [0.25, 0.3) is 0 Å². The van der Waals surface area contributed by atoms with Crippen molar-refractivity contribution in [1.82, 2.24) is 4.90 Å². The number of anilines is 1. The average Bonchev–Trinajstić information content (AvgIpc) is 2.77. The van der Waals surface area contributed by atoms with E-state index in [1.807, 2.05) is 0 Å². The van der Waals surface area contributed by atoms with Gasteiger partial charge < -0.3 is 5.32 Å². The molecule has 2 rings (SSSR count). The summed E-state index contributed by atoms with van der Waals surface area (Å²) in [5.74, 6) is 0. The second-order valence-corrected chi connectivity index (χ2v) is 4.80. The van der Waals surface area contributed by atoms with Gasteiger partial charge in [-0.1, -0.05) is 25.1 Å². The van der Waals surface area contributed by atoms with E-state index in [1.165, 1.54) is 29.7 Å². The quantitative estimate of drug-likeness (QED) is 0.887. The van der Waals surface area contributed by atoms with Gasteiger partial charge in [0.25, 0.3) is 0 Å². The first-order valence-corrected chi connectivity index (χ1v) is 6.27. The monoisotopic (exact) mass is 254 g/mol. The summed E-state index contributed by atoms with van der Waals surface area (Å²) in [6.45, 7) is 6.68. The summed E-state index contributed by atoms with van der Waals surface area (Å²) in [5, 5.41) is 3.50. The average molecular weight is 255 g/mol. The molecule has 96 valence electrons. The Bertz CT molecular complexity index is 365. The number of halogens is 1. The van der Waals surface area contributed by atoms with Crippen LogP contribution in [0.3, 0.4) is 0 Å². The zero-order valence-electron chi connectivity index (χ0n) is 11.0. The molecule has 1 aliphatic heterocycles. The van der Waals surface area contributed by atoms with Crippen LogP contribution in [-0.4, -0.2) is 24.5 Å². The molecule has 1 aromatic rings. The van der Waals surface area contributed by atoms with Crippen molar-refractivity contribution in [1.29, 1.82) is 0 Å². The summed E-state index contributed by atoms with van der Waals surface area (Å²) >= 11 is 0. The number of hydrogen-bond acceptors (Lipinski definition) is 2. The summed E-state index contributed by atoms with van der Waals surface area (Å²) in [6, 6.07) is 7.32. The maximum atomic E-state index is 3.50. The molecule has 1 heterocycles. The second-order valence-electron chi connectivity index (χ2n) is 4.80. The van der Waals surface area contributed by atoms with E-state index in [0.29, 0.717) is 6.04 Å². The van der Waals surface area contributed by atoms with Gasteiger partial charge in [0.2, 0.25) is 0 Å². The van der Waals surface area contributed by atoms with Gasteiger partial charge in [-0.2, -0.15) is 0 Å². The van der Waals surface area contributed by atoms with Crippen LogP contribution < -0.4 is 5.32 Å². The SMILES string of the molecule is CCC(C)N(C)Cc1cccc2c1NCC2.Cl. The molecule has 0 aliphatic carbocycles. The van der Waals surface area contributed by atoms with Gasteiger partial charge in [-0.25, -0.2) is 0 Å². The van der Waals surface area contributed by atoms with Crippen LogP contribution >= 0.6 is 12.4 Å². The molecule has 17 heavy (non-hydrogen) atoms. The van der Waals surface area contributed by atoms with E-state index in [0.717, 1.165) is 13.1 Å². The molecule has 0 amide bonds. The lowest BCUT2D eigenvalue weighted by atomic mass is 10.1. The molecule has 0 saturated heterocycles. The molecule has 0 spiro atoms. The molecule has 3 heteroatoms. The predicted octanol–water partition coefficient (Wildman–Crippen LogP) is 3.31. The Hall–Kier alpha value is -0.730. The van der Waals surface area contributed by atoms with Crippen LogP contribution in [0.2, 0.25) is 0 Å². The van der Waals surface area contributed by atoms with E-state index < -0.39 is 0 Å². The highest BCUT2D eigenvalue weighted by atomic mass is 35.5. The normalized spacial score (nSPS) is 15.1. The lowest BCUT2D eigenvalue weighted by Crippen LogP contribution is -2.28. The summed E-state index contributed by atoms with van der Waals surface area (Å²) < 4.78 is 0. The predicted molar refractivity (Wildman–Crippen MR) is 77.1 cm³/mol. The summed E-state index contributed by atoms with van der Waals surface area (Å²) in [6.07, 6.45) is 2.38. The molecule has 1 unspecified atom stereocenters. The van der Waals surface area contributed by atoms with Gasteiger partial charge in [-0.3, -0.25) is 4.90 Å². The fourth-order valence-corrected chi connectivity index (χ4v) is 2.28. The minimum atomic E-state index is 0. The third-order valence-electron chi connectivity index (χ3n) is 3.70. The Morgan fingerprint density at radius 1 is 1.41 bits per heavy atom. The van der Waals surface area contributed by atoms with Gasteiger partial charge in [-0.05, 0) is 37.9 Å². The van der Waals surface area contributed by atoms with E-state index in [2.05, 4.69) is 49.3 Å².